The first-order valence-electron chi connectivity index (χ1n) is 8.91. The SMILES string of the molecule is COc1ccc(CC2CCC(=NOC(=O)c3c(Cl)cccc3Cl)CC2)cc1. The number of nitrogens with zero attached hydrogens (tertiary/aromatic N) is 1. The molecule has 142 valence electrons. The van der Waals surface area contributed by atoms with E-state index in [2.05, 4.69) is 17.3 Å². The number of hydrogen-bond acceptors (Lipinski definition) is 4. The van der Waals surface area contributed by atoms with Gasteiger partial charge in [-0.25, -0.2) is 4.79 Å². The van der Waals surface area contributed by atoms with Gasteiger partial charge in [0, 0.05) is 0 Å². The number of halogens is 2. The highest BCUT2D eigenvalue weighted by atomic mass is 35.5. The van der Waals surface area contributed by atoms with Crippen molar-refractivity contribution < 1.29 is 14.4 Å². The van der Waals surface area contributed by atoms with Crippen LogP contribution in [0, 0.1) is 5.92 Å². The van der Waals surface area contributed by atoms with Crippen LogP contribution in [0.15, 0.2) is 47.6 Å². The Labute approximate surface area is 169 Å². The van der Waals surface area contributed by atoms with Crippen LogP contribution in [0.2, 0.25) is 10.0 Å². The van der Waals surface area contributed by atoms with Gasteiger partial charge in [-0.1, -0.05) is 46.6 Å². The quantitative estimate of drug-likeness (QED) is 0.456. The van der Waals surface area contributed by atoms with E-state index < -0.39 is 5.97 Å². The van der Waals surface area contributed by atoms with Crippen LogP contribution in [0.3, 0.4) is 0 Å². The zero-order valence-corrected chi connectivity index (χ0v) is 16.6. The zero-order chi connectivity index (χ0) is 19.2. The molecule has 1 aliphatic rings. The first kappa shape index (κ1) is 19.7. The maximum atomic E-state index is 12.2. The summed E-state index contributed by atoms with van der Waals surface area (Å²) in [5.74, 6) is 0.849. The third-order valence-corrected chi connectivity index (χ3v) is 5.42. The Balaban J connectivity index is 1.51. The van der Waals surface area contributed by atoms with Crippen LogP contribution in [0.4, 0.5) is 0 Å². The second-order valence-corrected chi connectivity index (χ2v) is 7.44. The largest absolute Gasteiger partial charge is 0.497 e. The lowest BCUT2D eigenvalue weighted by Crippen LogP contribution is -2.17. The van der Waals surface area contributed by atoms with E-state index >= 15 is 0 Å². The Morgan fingerprint density at radius 2 is 1.70 bits per heavy atom. The van der Waals surface area contributed by atoms with E-state index in [1.807, 2.05) is 12.1 Å². The van der Waals surface area contributed by atoms with Gasteiger partial charge in [-0.3, -0.25) is 0 Å². The minimum Gasteiger partial charge on any atom is -0.497 e. The minimum absolute atomic E-state index is 0.151. The molecule has 0 atom stereocenters. The van der Waals surface area contributed by atoms with E-state index in [1.165, 1.54) is 5.56 Å². The highest BCUT2D eigenvalue weighted by molar-refractivity contribution is 6.39. The predicted molar refractivity (Wildman–Crippen MR) is 108 cm³/mol. The summed E-state index contributed by atoms with van der Waals surface area (Å²) >= 11 is 12.0. The molecule has 0 heterocycles. The number of benzene rings is 2. The third-order valence-electron chi connectivity index (χ3n) is 4.79. The van der Waals surface area contributed by atoms with Crippen LogP contribution in [0.25, 0.3) is 0 Å². The lowest BCUT2D eigenvalue weighted by molar-refractivity contribution is 0.0513. The normalized spacial score (nSPS) is 16.7. The lowest BCUT2D eigenvalue weighted by Gasteiger charge is -2.22. The molecule has 3 rings (SSSR count). The maximum absolute atomic E-state index is 12.2. The Morgan fingerprint density at radius 1 is 1.07 bits per heavy atom. The summed E-state index contributed by atoms with van der Waals surface area (Å²) in [6.07, 6.45) is 4.73. The standard InChI is InChI=1S/C21H21Cl2NO3/c1-26-17-11-7-15(8-12-17)13-14-5-9-16(10-6-14)24-27-21(25)20-18(22)3-2-4-19(20)23/h2-4,7-8,11-12,14H,5-6,9-10,13H2,1H3. The Morgan fingerprint density at radius 3 is 2.30 bits per heavy atom. The van der Waals surface area contributed by atoms with E-state index in [0.29, 0.717) is 5.92 Å². The Hall–Kier alpha value is -2.04. The number of oxime groups is 1. The average Bonchev–Trinajstić information content (AvgIpc) is 2.68. The van der Waals surface area contributed by atoms with Crippen molar-refractivity contribution in [3.63, 3.8) is 0 Å². The fraction of sp³-hybridized carbons (Fsp3) is 0.333. The molecule has 1 saturated carbocycles. The summed E-state index contributed by atoms with van der Waals surface area (Å²) in [4.78, 5) is 17.3. The Kier molecular flexibility index (Phi) is 6.75. The van der Waals surface area contributed by atoms with Crippen LogP contribution in [-0.2, 0) is 11.3 Å². The van der Waals surface area contributed by atoms with E-state index in [9.17, 15) is 4.79 Å². The molecule has 2 aromatic carbocycles. The van der Waals surface area contributed by atoms with E-state index in [4.69, 9.17) is 32.8 Å². The predicted octanol–water partition coefficient (Wildman–Crippen LogP) is 5.95. The highest BCUT2D eigenvalue weighted by Crippen LogP contribution is 2.28. The van der Waals surface area contributed by atoms with Crippen molar-refractivity contribution in [2.45, 2.75) is 32.1 Å². The molecule has 0 aliphatic heterocycles. The molecule has 0 N–H and O–H groups in total. The van der Waals surface area contributed by atoms with Crippen molar-refractivity contribution in [2.75, 3.05) is 7.11 Å². The molecule has 0 aromatic heterocycles. The van der Waals surface area contributed by atoms with Gasteiger partial charge >= 0.3 is 5.97 Å². The highest BCUT2D eigenvalue weighted by Gasteiger charge is 2.20. The molecular formula is C21H21Cl2NO3. The van der Waals surface area contributed by atoms with Crippen LogP contribution < -0.4 is 4.74 Å². The van der Waals surface area contributed by atoms with Crippen molar-refractivity contribution in [1.82, 2.24) is 0 Å². The summed E-state index contributed by atoms with van der Waals surface area (Å²) in [6.45, 7) is 0. The number of rotatable bonds is 5. The van der Waals surface area contributed by atoms with Crippen molar-refractivity contribution >= 4 is 34.9 Å². The number of hydrogen-bond donors (Lipinski definition) is 0. The third kappa shape index (κ3) is 5.24. The molecule has 0 radical (unpaired) electrons. The van der Waals surface area contributed by atoms with Gasteiger partial charge in [0.1, 0.15) is 5.75 Å². The summed E-state index contributed by atoms with van der Waals surface area (Å²) < 4.78 is 5.19. The molecule has 1 aliphatic carbocycles. The molecule has 6 heteroatoms. The average molecular weight is 406 g/mol. The van der Waals surface area contributed by atoms with Gasteiger partial charge in [0.2, 0.25) is 0 Å². The lowest BCUT2D eigenvalue weighted by atomic mass is 9.84. The van der Waals surface area contributed by atoms with Crippen LogP contribution in [0.5, 0.6) is 5.75 Å². The van der Waals surface area contributed by atoms with Crippen molar-refractivity contribution in [1.29, 1.82) is 0 Å². The van der Waals surface area contributed by atoms with Gasteiger partial charge in [-0.2, -0.15) is 0 Å². The fourth-order valence-corrected chi connectivity index (χ4v) is 3.80. The van der Waals surface area contributed by atoms with E-state index in [-0.39, 0.29) is 15.6 Å². The number of ether oxygens (including phenoxy) is 1. The second-order valence-electron chi connectivity index (χ2n) is 6.63. The molecule has 0 amide bonds. The first-order chi connectivity index (χ1) is 13.1. The molecule has 0 unspecified atom stereocenters. The first-order valence-corrected chi connectivity index (χ1v) is 9.66. The van der Waals surface area contributed by atoms with Gasteiger partial charge in [0.25, 0.3) is 0 Å². The molecule has 4 nitrogen and oxygen atoms in total. The molecular weight excluding hydrogens is 385 g/mol. The van der Waals surface area contributed by atoms with Gasteiger partial charge < -0.3 is 9.57 Å². The maximum Gasteiger partial charge on any atom is 0.368 e. The molecule has 0 spiro atoms. The zero-order valence-electron chi connectivity index (χ0n) is 15.1. The fourth-order valence-electron chi connectivity index (χ4n) is 3.25. The Bertz CT molecular complexity index is 804. The topological polar surface area (TPSA) is 47.9 Å². The number of carbonyl (C=O) groups is 1. The van der Waals surface area contributed by atoms with E-state index in [1.54, 1.807) is 25.3 Å². The molecule has 1 fully saturated rings. The van der Waals surface area contributed by atoms with Gasteiger partial charge in [0.15, 0.2) is 0 Å². The molecule has 2 aromatic rings. The summed E-state index contributed by atoms with van der Waals surface area (Å²) in [5.41, 5.74) is 2.36. The van der Waals surface area contributed by atoms with Crippen molar-refractivity contribution in [3.05, 3.63) is 63.6 Å². The molecule has 0 bridgehead atoms. The number of methoxy groups -OCH3 is 1. The van der Waals surface area contributed by atoms with E-state index in [0.717, 1.165) is 43.6 Å². The van der Waals surface area contributed by atoms with Gasteiger partial charge in [-0.05, 0) is 67.9 Å². The van der Waals surface area contributed by atoms with Gasteiger partial charge in [0.05, 0.1) is 28.4 Å². The summed E-state index contributed by atoms with van der Waals surface area (Å²) in [7, 11) is 1.67. The van der Waals surface area contributed by atoms with Crippen molar-refractivity contribution in [3.8, 4) is 5.75 Å². The number of carbonyl (C=O) groups excluding carboxylic acids is 1. The van der Waals surface area contributed by atoms with Gasteiger partial charge in [-0.15, -0.1) is 0 Å². The smallest absolute Gasteiger partial charge is 0.368 e. The minimum atomic E-state index is -0.626. The summed E-state index contributed by atoms with van der Waals surface area (Å²) in [6, 6.07) is 13.1. The summed E-state index contributed by atoms with van der Waals surface area (Å²) in [5, 5.41) is 4.56. The van der Waals surface area contributed by atoms with Crippen LogP contribution >= 0.6 is 23.2 Å². The monoisotopic (exact) mass is 405 g/mol. The second kappa shape index (κ2) is 9.25. The van der Waals surface area contributed by atoms with Crippen LogP contribution in [0.1, 0.15) is 41.6 Å². The van der Waals surface area contributed by atoms with Crippen molar-refractivity contribution in [2.24, 2.45) is 11.1 Å². The molecule has 0 saturated heterocycles. The van der Waals surface area contributed by atoms with Crippen LogP contribution in [-0.4, -0.2) is 18.8 Å². The molecule has 27 heavy (non-hydrogen) atoms.